The lowest BCUT2D eigenvalue weighted by molar-refractivity contribution is 0.181. The van der Waals surface area contributed by atoms with Crippen molar-refractivity contribution >= 4 is 11.3 Å². The summed E-state index contributed by atoms with van der Waals surface area (Å²) in [4.78, 5) is 5.96. The molecule has 1 heterocycles. The zero-order chi connectivity index (χ0) is 15.1. The molecule has 1 aromatic heterocycles. The van der Waals surface area contributed by atoms with Crippen molar-refractivity contribution in [2.75, 3.05) is 27.4 Å². The van der Waals surface area contributed by atoms with E-state index in [9.17, 15) is 0 Å². The van der Waals surface area contributed by atoms with E-state index in [0.29, 0.717) is 13.2 Å². The van der Waals surface area contributed by atoms with Gasteiger partial charge in [-0.05, 0) is 13.0 Å². The van der Waals surface area contributed by atoms with Crippen LogP contribution < -0.4 is 5.32 Å². The van der Waals surface area contributed by atoms with Crippen molar-refractivity contribution in [2.45, 2.75) is 20.1 Å². The van der Waals surface area contributed by atoms with Gasteiger partial charge in [0.2, 0.25) is 0 Å². The summed E-state index contributed by atoms with van der Waals surface area (Å²) >= 11 is 1.72. The first-order valence-electron chi connectivity index (χ1n) is 6.98. The molecule has 2 rings (SSSR count). The lowest BCUT2D eigenvalue weighted by atomic mass is 10.1. The second kappa shape index (κ2) is 8.24. The fraction of sp³-hybridized carbons (Fsp3) is 0.438. The van der Waals surface area contributed by atoms with Crippen molar-refractivity contribution in [2.24, 2.45) is 0 Å². The topological polar surface area (TPSA) is 43.4 Å². The van der Waals surface area contributed by atoms with Gasteiger partial charge in [0, 0.05) is 37.7 Å². The Hall–Kier alpha value is -1.27. The Bertz CT molecular complexity index is 569. The molecule has 0 atom stereocenters. The monoisotopic (exact) mass is 306 g/mol. The quantitative estimate of drug-likeness (QED) is 0.761. The van der Waals surface area contributed by atoms with Crippen LogP contribution in [0.3, 0.4) is 0 Å². The smallest absolute Gasteiger partial charge is 0.124 e. The van der Waals surface area contributed by atoms with E-state index in [1.54, 1.807) is 25.6 Å². The molecular formula is C16H22N2O2S. The molecule has 0 fully saturated rings. The summed E-state index contributed by atoms with van der Waals surface area (Å²) in [7, 11) is 3.41. The molecule has 0 aliphatic carbocycles. The highest BCUT2D eigenvalue weighted by molar-refractivity contribution is 7.15. The largest absolute Gasteiger partial charge is 0.383 e. The predicted octanol–water partition coefficient (Wildman–Crippen LogP) is 3.00. The molecule has 4 nitrogen and oxygen atoms in total. The molecule has 0 saturated heterocycles. The van der Waals surface area contributed by atoms with Crippen LogP contribution in [0.15, 0.2) is 24.3 Å². The van der Waals surface area contributed by atoms with E-state index in [1.807, 2.05) is 0 Å². The van der Waals surface area contributed by atoms with Crippen molar-refractivity contribution in [1.82, 2.24) is 10.3 Å². The highest BCUT2D eigenvalue weighted by atomic mass is 32.1. The number of aromatic nitrogens is 1. The Balaban J connectivity index is 2.16. The fourth-order valence-electron chi connectivity index (χ4n) is 2.05. The van der Waals surface area contributed by atoms with Gasteiger partial charge in [0.25, 0.3) is 0 Å². The van der Waals surface area contributed by atoms with E-state index in [1.165, 1.54) is 16.0 Å². The maximum Gasteiger partial charge on any atom is 0.124 e. The Morgan fingerprint density at radius 3 is 2.81 bits per heavy atom. The predicted molar refractivity (Wildman–Crippen MR) is 86.6 cm³/mol. The number of hydrogen-bond acceptors (Lipinski definition) is 5. The Labute approximate surface area is 130 Å². The van der Waals surface area contributed by atoms with Crippen LogP contribution in [0.4, 0.5) is 0 Å². The molecule has 0 spiro atoms. The molecule has 1 aromatic carbocycles. The number of aryl methyl sites for hydroxylation is 1. The van der Waals surface area contributed by atoms with E-state index in [0.717, 1.165) is 23.8 Å². The molecular weight excluding hydrogens is 284 g/mol. The van der Waals surface area contributed by atoms with Crippen LogP contribution in [0.25, 0.3) is 10.6 Å². The Morgan fingerprint density at radius 1 is 1.24 bits per heavy atom. The molecule has 0 radical (unpaired) electrons. The van der Waals surface area contributed by atoms with Crippen molar-refractivity contribution in [3.05, 3.63) is 40.4 Å². The summed E-state index contributed by atoms with van der Waals surface area (Å²) in [6, 6.07) is 8.43. The lowest BCUT2D eigenvalue weighted by Crippen LogP contribution is -2.18. The molecule has 2 aromatic rings. The minimum Gasteiger partial charge on any atom is -0.383 e. The first-order chi connectivity index (χ1) is 10.2. The van der Waals surface area contributed by atoms with Crippen LogP contribution in [-0.4, -0.2) is 32.4 Å². The van der Waals surface area contributed by atoms with Crippen molar-refractivity contribution in [1.29, 1.82) is 0 Å². The average Bonchev–Trinajstić information content (AvgIpc) is 2.87. The summed E-state index contributed by atoms with van der Waals surface area (Å²) in [6.45, 7) is 4.99. The molecule has 1 N–H and O–H groups in total. The number of rotatable bonds is 8. The molecule has 0 unspecified atom stereocenters. The summed E-state index contributed by atoms with van der Waals surface area (Å²) < 4.78 is 10.3. The van der Waals surface area contributed by atoms with Gasteiger partial charge >= 0.3 is 0 Å². The minimum atomic E-state index is 0.545. The maximum absolute atomic E-state index is 5.26. The van der Waals surface area contributed by atoms with Crippen LogP contribution >= 0.6 is 11.3 Å². The van der Waals surface area contributed by atoms with Crippen molar-refractivity contribution < 1.29 is 9.47 Å². The summed E-state index contributed by atoms with van der Waals surface area (Å²) in [5.74, 6) is 0. The lowest BCUT2D eigenvalue weighted by Gasteiger charge is -2.03. The van der Waals surface area contributed by atoms with Gasteiger partial charge in [0.15, 0.2) is 0 Å². The number of nitrogens with zero attached hydrogens (tertiary/aromatic N) is 1. The zero-order valence-corrected chi connectivity index (χ0v) is 13.6. The fourth-order valence-corrected chi connectivity index (χ4v) is 3.08. The zero-order valence-electron chi connectivity index (χ0n) is 12.8. The minimum absolute atomic E-state index is 0.545. The standard InChI is InChI=1S/C16H22N2O2S/c1-12-5-4-6-13(9-12)16-18-14(11-20-3)15(21-16)10-17-7-8-19-2/h4-6,9,17H,7-8,10-11H2,1-3H3. The van der Waals surface area contributed by atoms with Crippen LogP contribution in [0.5, 0.6) is 0 Å². The summed E-state index contributed by atoms with van der Waals surface area (Å²) in [6.07, 6.45) is 0. The third kappa shape index (κ3) is 4.61. The van der Waals surface area contributed by atoms with Gasteiger partial charge in [0.05, 0.1) is 18.9 Å². The van der Waals surface area contributed by atoms with Gasteiger partial charge in [0.1, 0.15) is 5.01 Å². The van der Waals surface area contributed by atoms with Crippen molar-refractivity contribution in [3.63, 3.8) is 0 Å². The molecule has 0 aliphatic rings. The Kier molecular flexibility index (Phi) is 6.32. The number of thiazole rings is 1. The molecule has 5 heteroatoms. The SMILES string of the molecule is COCCNCc1sc(-c2cccc(C)c2)nc1COC. The molecule has 0 saturated carbocycles. The van der Waals surface area contributed by atoms with Gasteiger partial charge < -0.3 is 14.8 Å². The molecule has 0 amide bonds. The third-order valence-electron chi connectivity index (χ3n) is 3.09. The van der Waals surface area contributed by atoms with Gasteiger partial charge in [-0.15, -0.1) is 11.3 Å². The average molecular weight is 306 g/mol. The second-order valence-corrected chi connectivity index (χ2v) is 5.94. The van der Waals surface area contributed by atoms with Crippen LogP contribution in [-0.2, 0) is 22.6 Å². The number of ether oxygens (including phenoxy) is 2. The van der Waals surface area contributed by atoms with Crippen LogP contribution in [0, 0.1) is 6.92 Å². The first-order valence-corrected chi connectivity index (χ1v) is 7.80. The second-order valence-electron chi connectivity index (χ2n) is 4.86. The van der Waals surface area contributed by atoms with Gasteiger partial charge in [-0.3, -0.25) is 0 Å². The highest BCUT2D eigenvalue weighted by Crippen LogP contribution is 2.29. The normalized spacial score (nSPS) is 11.0. The number of methoxy groups -OCH3 is 2. The van der Waals surface area contributed by atoms with Gasteiger partial charge in [-0.2, -0.15) is 0 Å². The Morgan fingerprint density at radius 2 is 2.10 bits per heavy atom. The van der Waals surface area contributed by atoms with E-state index in [-0.39, 0.29) is 0 Å². The van der Waals surface area contributed by atoms with E-state index < -0.39 is 0 Å². The van der Waals surface area contributed by atoms with E-state index in [2.05, 4.69) is 36.5 Å². The highest BCUT2D eigenvalue weighted by Gasteiger charge is 2.12. The molecule has 0 bridgehead atoms. The molecule has 21 heavy (non-hydrogen) atoms. The number of benzene rings is 1. The maximum atomic E-state index is 5.26. The van der Waals surface area contributed by atoms with Crippen LogP contribution in [0.1, 0.15) is 16.1 Å². The van der Waals surface area contributed by atoms with E-state index >= 15 is 0 Å². The number of hydrogen-bond donors (Lipinski definition) is 1. The van der Waals surface area contributed by atoms with Gasteiger partial charge in [-0.25, -0.2) is 4.98 Å². The van der Waals surface area contributed by atoms with Crippen molar-refractivity contribution in [3.8, 4) is 10.6 Å². The van der Waals surface area contributed by atoms with E-state index in [4.69, 9.17) is 14.5 Å². The molecule has 114 valence electrons. The third-order valence-corrected chi connectivity index (χ3v) is 4.24. The van der Waals surface area contributed by atoms with Gasteiger partial charge in [-0.1, -0.05) is 23.8 Å². The van der Waals surface area contributed by atoms with Crippen LogP contribution in [0.2, 0.25) is 0 Å². The first kappa shape index (κ1) is 16.1. The summed E-state index contributed by atoms with van der Waals surface area (Å²) in [5.41, 5.74) is 3.43. The summed E-state index contributed by atoms with van der Waals surface area (Å²) in [5, 5.41) is 4.42. The number of nitrogens with one attached hydrogen (secondary N) is 1. The molecule has 0 aliphatic heterocycles.